The van der Waals surface area contributed by atoms with E-state index in [9.17, 15) is 4.79 Å². The first-order valence-electron chi connectivity index (χ1n) is 9.07. The van der Waals surface area contributed by atoms with Gasteiger partial charge in [0, 0.05) is 0 Å². The molecule has 0 saturated carbocycles. The van der Waals surface area contributed by atoms with Crippen LogP contribution in [0.2, 0.25) is 0 Å². The van der Waals surface area contributed by atoms with E-state index in [0.29, 0.717) is 0 Å². The molecule has 2 nitrogen and oxygen atoms in total. The number of esters is 1. The molecule has 1 unspecified atom stereocenters. The summed E-state index contributed by atoms with van der Waals surface area (Å²) in [5.74, 6) is -0.150. The fourth-order valence-corrected chi connectivity index (χ4v) is 3.53. The Balaban J connectivity index is 2.50. The number of carbonyl (C=O) groups excluding carboxylic acids is 1. The summed E-state index contributed by atoms with van der Waals surface area (Å²) < 4.78 is 5.57. The Hall–Kier alpha value is -1.36. The molecule has 0 aromatic heterocycles. The number of halogens is 1. The number of hydrogen-bond donors (Lipinski definition) is 0. The number of benzene rings is 2. The predicted molar refractivity (Wildman–Crippen MR) is 112 cm³/mol. The van der Waals surface area contributed by atoms with Crippen molar-refractivity contribution in [3.05, 3.63) is 71.8 Å². The third-order valence-corrected chi connectivity index (χ3v) is 4.81. The number of alkyl halides is 1. The quantitative estimate of drug-likeness (QED) is 0.195. The molecule has 134 valence electrons. The minimum absolute atomic E-state index is 0.150. The summed E-state index contributed by atoms with van der Waals surface area (Å²) in [7, 11) is 0. The monoisotopic (exact) mass is 450 g/mol. The summed E-state index contributed by atoms with van der Waals surface area (Å²) in [6.45, 7) is 4.10. The van der Waals surface area contributed by atoms with Gasteiger partial charge in [0.05, 0.1) is 0 Å². The normalized spacial score (nSPS) is 12.6. The standard InChI is InChI=1S/C22H27IO2/c1-3-4-5-12-17-22(21(24)25-18(2)23,19-13-8-6-9-14-19)20-15-10-7-11-16-20/h6-11,13-16,18H,3-5,12,17H2,1-2H3. The molecule has 0 bridgehead atoms. The fourth-order valence-electron chi connectivity index (χ4n) is 3.30. The minimum Gasteiger partial charge on any atom is -0.451 e. The lowest BCUT2D eigenvalue weighted by Crippen LogP contribution is -2.39. The maximum Gasteiger partial charge on any atom is 0.322 e. The van der Waals surface area contributed by atoms with E-state index in [1.807, 2.05) is 67.6 Å². The van der Waals surface area contributed by atoms with Gasteiger partial charge in [0.2, 0.25) is 0 Å². The van der Waals surface area contributed by atoms with E-state index in [-0.39, 0.29) is 10.1 Å². The van der Waals surface area contributed by atoms with Crippen molar-refractivity contribution in [2.75, 3.05) is 0 Å². The molecule has 0 amide bonds. The van der Waals surface area contributed by atoms with E-state index in [0.717, 1.165) is 30.4 Å². The Labute approximate surface area is 165 Å². The molecule has 0 spiro atoms. The third kappa shape index (κ3) is 5.06. The highest BCUT2D eigenvalue weighted by molar-refractivity contribution is 14.1. The van der Waals surface area contributed by atoms with Crippen molar-refractivity contribution in [2.24, 2.45) is 0 Å². The first-order chi connectivity index (χ1) is 12.1. The smallest absolute Gasteiger partial charge is 0.322 e. The molecule has 0 saturated heterocycles. The van der Waals surface area contributed by atoms with Gasteiger partial charge in [-0.2, -0.15) is 0 Å². The molecule has 0 radical (unpaired) electrons. The molecule has 2 rings (SSSR count). The topological polar surface area (TPSA) is 26.3 Å². The van der Waals surface area contributed by atoms with Crippen LogP contribution in [0.1, 0.15) is 57.1 Å². The van der Waals surface area contributed by atoms with Crippen molar-refractivity contribution in [3.63, 3.8) is 0 Å². The molecule has 0 aliphatic carbocycles. The molecule has 0 fully saturated rings. The molecule has 0 aliphatic rings. The van der Waals surface area contributed by atoms with Gasteiger partial charge in [0.25, 0.3) is 0 Å². The Morgan fingerprint density at radius 1 is 0.960 bits per heavy atom. The van der Waals surface area contributed by atoms with Gasteiger partial charge in [0.15, 0.2) is 0 Å². The van der Waals surface area contributed by atoms with Crippen molar-refractivity contribution in [3.8, 4) is 0 Å². The van der Waals surface area contributed by atoms with Gasteiger partial charge in [-0.25, -0.2) is 0 Å². The molecule has 0 heterocycles. The third-order valence-electron chi connectivity index (χ3n) is 4.56. The zero-order valence-corrected chi connectivity index (χ0v) is 17.2. The number of carbonyl (C=O) groups is 1. The Bertz CT molecular complexity index is 598. The molecular weight excluding hydrogens is 423 g/mol. The van der Waals surface area contributed by atoms with Crippen LogP contribution in [0.5, 0.6) is 0 Å². The maximum absolute atomic E-state index is 13.3. The van der Waals surface area contributed by atoms with Crippen LogP contribution in [0.4, 0.5) is 0 Å². The lowest BCUT2D eigenvalue weighted by atomic mass is 9.71. The molecule has 1 atom stereocenters. The maximum atomic E-state index is 13.3. The summed E-state index contributed by atoms with van der Waals surface area (Å²) >= 11 is 2.14. The molecule has 0 N–H and O–H groups in total. The SMILES string of the molecule is CCCCCCC(C(=O)OC(C)I)(c1ccccc1)c1ccccc1. The Kier molecular flexibility index (Phi) is 7.94. The van der Waals surface area contributed by atoms with Gasteiger partial charge < -0.3 is 4.74 Å². The lowest BCUT2D eigenvalue weighted by molar-refractivity contribution is -0.149. The number of ether oxygens (including phenoxy) is 1. The van der Waals surface area contributed by atoms with E-state index in [1.165, 1.54) is 12.8 Å². The van der Waals surface area contributed by atoms with Crippen molar-refractivity contribution < 1.29 is 9.53 Å². The summed E-state index contributed by atoms with van der Waals surface area (Å²) in [5, 5.41) is 0. The largest absolute Gasteiger partial charge is 0.451 e. The molecule has 2 aromatic carbocycles. The minimum atomic E-state index is -0.740. The van der Waals surface area contributed by atoms with Crippen molar-refractivity contribution in [1.82, 2.24) is 0 Å². The average Bonchev–Trinajstić information content (AvgIpc) is 2.63. The molecule has 0 aliphatic heterocycles. The van der Waals surface area contributed by atoms with Crippen LogP contribution in [0.15, 0.2) is 60.7 Å². The summed E-state index contributed by atoms with van der Waals surface area (Å²) in [5.41, 5.74) is 1.29. The number of rotatable bonds is 9. The zero-order chi connectivity index (χ0) is 18.1. The lowest BCUT2D eigenvalue weighted by Gasteiger charge is -2.33. The average molecular weight is 450 g/mol. The second-order valence-corrected chi connectivity index (χ2v) is 8.15. The van der Waals surface area contributed by atoms with Gasteiger partial charge in [0.1, 0.15) is 9.53 Å². The first-order valence-corrected chi connectivity index (χ1v) is 10.3. The van der Waals surface area contributed by atoms with Crippen LogP contribution in [0, 0.1) is 0 Å². The van der Waals surface area contributed by atoms with Crippen molar-refractivity contribution >= 4 is 28.6 Å². The van der Waals surface area contributed by atoms with E-state index >= 15 is 0 Å². The second kappa shape index (κ2) is 9.95. The van der Waals surface area contributed by atoms with Crippen LogP contribution in [-0.2, 0) is 14.9 Å². The van der Waals surface area contributed by atoms with Crippen LogP contribution in [0.25, 0.3) is 0 Å². The van der Waals surface area contributed by atoms with Gasteiger partial charge in [-0.3, -0.25) is 4.79 Å². The highest BCUT2D eigenvalue weighted by Gasteiger charge is 2.43. The second-order valence-electron chi connectivity index (χ2n) is 6.40. The Morgan fingerprint density at radius 3 is 1.92 bits per heavy atom. The molecule has 3 heteroatoms. The van der Waals surface area contributed by atoms with Crippen molar-refractivity contribution in [2.45, 2.75) is 55.5 Å². The fraction of sp³-hybridized carbons (Fsp3) is 0.409. The van der Waals surface area contributed by atoms with Crippen LogP contribution in [0.3, 0.4) is 0 Å². The Morgan fingerprint density at radius 2 is 1.48 bits per heavy atom. The van der Waals surface area contributed by atoms with Gasteiger partial charge in [-0.1, -0.05) is 93.3 Å². The van der Waals surface area contributed by atoms with Gasteiger partial charge in [-0.05, 0) is 47.1 Å². The van der Waals surface area contributed by atoms with Gasteiger partial charge >= 0.3 is 5.97 Å². The number of hydrogen-bond acceptors (Lipinski definition) is 2. The van der Waals surface area contributed by atoms with Crippen LogP contribution >= 0.6 is 22.6 Å². The highest BCUT2D eigenvalue weighted by Crippen LogP contribution is 2.39. The zero-order valence-electron chi connectivity index (χ0n) is 15.1. The van der Waals surface area contributed by atoms with E-state index in [4.69, 9.17) is 4.74 Å². The molecule has 25 heavy (non-hydrogen) atoms. The van der Waals surface area contributed by atoms with Crippen LogP contribution in [-0.4, -0.2) is 10.1 Å². The predicted octanol–water partition coefficient (Wildman–Crippen LogP) is 6.27. The highest BCUT2D eigenvalue weighted by atomic mass is 127. The molecular formula is C22H27IO2. The first kappa shape index (κ1) is 20.0. The summed E-state index contributed by atoms with van der Waals surface area (Å²) in [6.07, 6.45) is 5.27. The molecule has 2 aromatic rings. The summed E-state index contributed by atoms with van der Waals surface area (Å²) in [6, 6.07) is 20.2. The van der Waals surface area contributed by atoms with Crippen molar-refractivity contribution in [1.29, 1.82) is 0 Å². The van der Waals surface area contributed by atoms with E-state index in [1.54, 1.807) is 0 Å². The number of unbranched alkanes of at least 4 members (excludes halogenated alkanes) is 3. The van der Waals surface area contributed by atoms with E-state index < -0.39 is 5.41 Å². The van der Waals surface area contributed by atoms with E-state index in [2.05, 4.69) is 29.5 Å². The van der Waals surface area contributed by atoms with Crippen LogP contribution < -0.4 is 0 Å². The summed E-state index contributed by atoms with van der Waals surface area (Å²) in [4.78, 5) is 13.3. The van der Waals surface area contributed by atoms with Gasteiger partial charge in [-0.15, -0.1) is 0 Å².